The van der Waals surface area contributed by atoms with Gasteiger partial charge in [-0.2, -0.15) is 5.10 Å². The van der Waals surface area contributed by atoms with E-state index in [0.29, 0.717) is 21.3 Å². The van der Waals surface area contributed by atoms with Crippen molar-refractivity contribution in [2.45, 2.75) is 31.4 Å². The molecule has 0 fully saturated rings. The molecule has 0 saturated carbocycles. The van der Waals surface area contributed by atoms with Gasteiger partial charge in [-0.25, -0.2) is 8.42 Å². The van der Waals surface area contributed by atoms with Crippen molar-refractivity contribution in [1.29, 1.82) is 0 Å². The van der Waals surface area contributed by atoms with Gasteiger partial charge in [0.25, 0.3) is 10.0 Å². The minimum atomic E-state index is -3.51. The average molecular weight is 285 g/mol. The summed E-state index contributed by atoms with van der Waals surface area (Å²) in [4.78, 5) is 1.05. The minimum Gasteiger partial charge on any atom is -0.280 e. The molecule has 2 rings (SSSR count). The predicted molar refractivity (Wildman–Crippen MR) is 72.6 cm³/mol. The normalized spacial score (nSPS) is 11.7. The lowest BCUT2D eigenvalue weighted by Crippen LogP contribution is -2.12. The number of hydrogen-bond donors (Lipinski definition) is 2. The van der Waals surface area contributed by atoms with Crippen LogP contribution in [-0.4, -0.2) is 18.6 Å². The van der Waals surface area contributed by atoms with Gasteiger partial charge in [0, 0.05) is 4.88 Å². The highest BCUT2D eigenvalue weighted by Crippen LogP contribution is 2.26. The molecule has 0 aliphatic heterocycles. The summed E-state index contributed by atoms with van der Waals surface area (Å²) < 4.78 is 27.3. The predicted octanol–water partition coefficient (Wildman–Crippen LogP) is 2.45. The van der Waals surface area contributed by atoms with Gasteiger partial charge in [0.05, 0.1) is 17.1 Å². The summed E-state index contributed by atoms with van der Waals surface area (Å²) in [5.74, 6) is 0. The fourth-order valence-corrected chi connectivity index (χ4v) is 4.06. The Morgan fingerprint density at radius 3 is 2.61 bits per heavy atom. The fourth-order valence-electron chi connectivity index (χ4n) is 1.58. The number of thiophene rings is 1. The Bertz CT molecular complexity index is 636. The van der Waals surface area contributed by atoms with Crippen LogP contribution in [-0.2, 0) is 16.4 Å². The summed E-state index contributed by atoms with van der Waals surface area (Å²) in [6.07, 6.45) is 0.837. The van der Waals surface area contributed by atoms with Gasteiger partial charge in [-0.05, 0) is 32.4 Å². The molecule has 2 heterocycles. The van der Waals surface area contributed by atoms with Crippen LogP contribution in [0.25, 0.3) is 0 Å². The zero-order chi connectivity index (χ0) is 13.3. The van der Waals surface area contributed by atoms with Crippen LogP contribution in [0.1, 0.15) is 23.2 Å². The molecule has 0 saturated heterocycles. The Balaban J connectivity index is 2.33. The third-order valence-corrected chi connectivity index (χ3v) is 5.69. The topological polar surface area (TPSA) is 74.8 Å². The molecular weight excluding hydrogens is 270 g/mol. The Morgan fingerprint density at radius 2 is 2.11 bits per heavy atom. The van der Waals surface area contributed by atoms with Crippen LogP contribution >= 0.6 is 11.3 Å². The van der Waals surface area contributed by atoms with Gasteiger partial charge in [0.2, 0.25) is 0 Å². The molecule has 0 amide bonds. The number of nitrogens with one attached hydrogen (secondary N) is 2. The minimum absolute atomic E-state index is 0.333. The molecule has 0 aliphatic carbocycles. The Kier molecular flexibility index (Phi) is 3.45. The standard InChI is InChI=1S/C11H15N3O2S2/c1-4-9-5-6-10(17-9)18(15,16)14-11-7(2)12-13-8(11)3/h5-6,14H,4H2,1-3H3,(H,12,13). The average Bonchev–Trinajstić information content (AvgIpc) is 2.91. The number of nitrogens with zero attached hydrogens (tertiary/aromatic N) is 1. The third kappa shape index (κ3) is 2.41. The summed E-state index contributed by atoms with van der Waals surface area (Å²) in [6.45, 7) is 5.54. The van der Waals surface area contributed by atoms with Gasteiger partial charge >= 0.3 is 0 Å². The van der Waals surface area contributed by atoms with Crippen LogP contribution in [0, 0.1) is 13.8 Å². The van der Waals surface area contributed by atoms with E-state index in [-0.39, 0.29) is 0 Å². The highest BCUT2D eigenvalue weighted by Gasteiger charge is 2.19. The molecule has 7 heteroatoms. The summed E-state index contributed by atoms with van der Waals surface area (Å²) >= 11 is 1.29. The molecule has 0 unspecified atom stereocenters. The van der Waals surface area contributed by atoms with Crippen LogP contribution < -0.4 is 4.72 Å². The van der Waals surface area contributed by atoms with Crippen LogP contribution in [0.2, 0.25) is 0 Å². The van der Waals surface area contributed by atoms with Gasteiger partial charge in [0.1, 0.15) is 4.21 Å². The van der Waals surface area contributed by atoms with E-state index in [9.17, 15) is 8.42 Å². The molecule has 0 aromatic carbocycles. The van der Waals surface area contributed by atoms with Crippen molar-refractivity contribution >= 4 is 27.0 Å². The third-order valence-electron chi connectivity index (χ3n) is 2.61. The summed E-state index contributed by atoms with van der Waals surface area (Å²) in [7, 11) is -3.51. The van der Waals surface area contributed by atoms with Gasteiger partial charge < -0.3 is 0 Å². The molecule has 2 aromatic rings. The summed E-state index contributed by atoms with van der Waals surface area (Å²) in [5, 5.41) is 6.72. The molecule has 0 radical (unpaired) electrons. The fraction of sp³-hybridized carbons (Fsp3) is 0.364. The van der Waals surface area contributed by atoms with Crippen molar-refractivity contribution in [2.75, 3.05) is 4.72 Å². The van der Waals surface area contributed by atoms with Gasteiger partial charge in [-0.3, -0.25) is 9.82 Å². The maximum atomic E-state index is 12.2. The Morgan fingerprint density at radius 1 is 1.39 bits per heavy atom. The second-order valence-corrected chi connectivity index (χ2v) is 7.07. The first-order valence-electron chi connectivity index (χ1n) is 5.57. The monoisotopic (exact) mass is 285 g/mol. The lowest BCUT2D eigenvalue weighted by Gasteiger charge is -2.05. The second kappa shape index (κ2) is 4.74. The molecule has 5 nitrogen and oxygen atoms in total. The van der Waals surface area contributed by atoms with Crippen molar-refractivity contribution in [1.82, 2.24) is 10.2 Å². The number of aromatic nitrogens is 2. The summed E-state index contributed by atoms with van der Waals surface area (Å²) in [5.41, 5.74) is 1.88. The molecule has 0 aliphatic rings. The van der Waals surface area contributed by atoms with E-state index in [2.05, 4.69) is 14.9 Å². The number of anilines is 1. The van der Waals surface area contributed by atoms with E-state index >= 15 is 0 Å². The van der Waals surface area contributed by atoms with Gasteiger partial charge in [-0.1, -0.05) is 6.92 Å². The molecule has 18 heavy (non-hydrogen) atoms. The van der Waals surface area contributed by atoms with E-state index in [4.69, 9.17) is 0 Å². The first-order chi connectivity index (χ1) is 8.44. The molecule has 2 N–H and O–H groups in total. The number of aryl methyl sites for hydroxylation is 3. The van der Waals surface area contributed by atoms with Crippen molar-refractivity contribution in [3.63, 3.8) is 0 Å². The van der Waals surface area contributed by atoms with Gasteiger partial charge in [-0.15, -0.1) is 11.3 Å². The largest absolute Gasteiger partial charge is 0.280 e. The highest BCUT2D eigenvalue weighted by atomic mass is 32.2. The van der Waals surface area contributed by atoms with Crippen molar-refractivity contribution in [2.24, 2.45) is 0 Å². The van der Waals surface area contributed by atoms with E-state index in [1.165, 1.54) is 11.3 Å². The maximum Gasteiger partial charge on any atom is 0.271 e. The molecule has 0 atom stereocenters. The second-order valence-electron chi connectivity index (χ2n) is 3.99. The van der Waals surface area contributed by atoms with E-state index in [1.807, 2.05) is 13.0 Å². The van der Waals surface area contributed by atoms with Gasteiger partial charge in [0.15, 0.2) is 0 Å². The van der Waals surface area contributed by atoms with Crippen molar-refractivity contribution in [3.05, 3.63) is 28.4 Å². The smallest absolute Gasteiger partial charge is 0.271 e. The van der Waals surface area contributed by atoms with Crippen LogP contribution in [0.15, 0.2) is 16.3 Å². The zero-order valence-electron chi connectivity index (χ0n) is 10.4. The molecule has 0 bridgehead atoms. The van der Waals surface area contributed by atoms with Crippen molar-refractivity contribution in [3.8, 4) is 0 Å². The maximum absolute atomic E-state index is 12.2. The lowest BCUT2D eigenvalue weighted by molar-refractivity contribution is 0.603. The van der Waals surface area contributed by atoms with Crippen LogP contribution in [0.5, 0.6) is 0 Å². The quantitative estimate of drug-likeness (QED) is 0.906. The summed E-state index contributed by atoms with van der Waals surface area (Å²) in [6, 6.07) is 3.48. The van der Waals surface area contributed by atoms with Crippen LogP contribution in [0.3, 0.4) is 0 Å². The van der Waals surface area contributed by atoms with Crippen LogP contribution in [0.4, 0.5) is 5.69 Å². The highest BCUT2D eigenvalue weighted by molar-refractivity contribution is 7.94. The number of hydrogen-bond acceptors (Lipinski definition) is 4. The van der Waals surface area contributed by atoms with E-state index in [0.717, 1.165) is 11.3 Å². The number of rotatable bonds is 4. The Hall–Kier alpha value is -1.34. The molecular formula is C11H15N3O2S2. The molecule has 2 aromatic heterocycles. The van der Waals surface area contributed by atoms with Crippen molar-refractivity contribution < 1.29 is 8.42 Å². The number of H-pyrrole nitrogens is 1. The first-order valence-corrected chi connectivity index (χ1v) is 7.87. The first kappa shape index (κ1) is 13.1. The SMILES string of the molecule is CCc1ccc(S(=O)(=O)Nc2c(C)n[nH]c2C)s1. The molecule has 0 spiro atoms. The Labute approximate surface area is 110 Å². The lowest BCUT2D eigenvalue weighted by atomic mass is 10.3. The van der Waals surface area contributed by atoms with E-state index < -0.39 is 10.0 Å². The number of aromatic amines is 1. The van der Waals surface area contributed by atoms with E-state index in [1.54, 1.807) is 19.9 Å². The molecule has 98 valence electrons. The zero-order valence-corrected chi connectivity index (χ0v) is 12.1. The number of sulfonamides is 1.